The van der Waals surface area contributed by atoms with Crippen molar-refractivity contribution in [3.63, 3.8) is 0 Å². The zero-order chi connectivity index (χ0) is 25.7. The molecule has 4 heteroatoms. The Hall–Kier alpha value is -3.27. The van der Waals surface area contributed by atoms with Crippen molar-refractivity contribution in [3.8, 4) is 34.2 Å². The van der Waals surface area contributed by atoms with E-state index in [2.05, 4.69) is 130 Å². The molecule has 0 aliphatic carbocycles. The first-order chi connectivity index (χ1) is 17.1. The number of benzene rings is 2. The first-order valence-corrected chi connectivity index (χ1v) is 13.2. The highest BCUT2D eigenvalue weighted by atomic mass is 16.4. The minimum atomic E-state index is 0.0643. The van der Waals surface area contributed by atoms with E-state index in [4.69, 9.17) is 4.42 Å². The highest BCUT2D eigenvalue weighted by molar-refractivity contribution is 5.70. The Kier molecular flexibility index (Phi) is 6.10. The second-order valence-corrected chi connectivity index (χ2v) is 11.8. The molecule has 0 fully saturated rings. The molecule has 0 radical (unpaired) electrons. The van der Waals surface area contributed by atoms with Gasteiger partial charge in [0.2, 0.25) is 17.5 Å². The summed E-state index contributed by atoms with van der Waals surface area (Å²) < 4.78 is 8.68. The predicted molar refractivity (Wildman–Crippen MR) is 146 cm³/mol. The Morgan fingerprint density at radius 3 is 2.28 bits per heavy atom. The Morgan fingerprint density at radius 2 is 1.61 bits per heavy atom. The van der Waals surface area contributed by atoms with Crippen LogP contribution in [0.25, 0.3) is 34.2 Å². The summed E-state index contributed by atoms with van der Waals surface area (Å²) in [6.45, 7) is 16.1. The van der Waals surface area contributed by atoms with Crippen molar-refractivity contribution in [3.05, 3.63) is 78.0 Å². The summed E-state index contributed by atoms with van der Waals surface area (Å²) in [6.07, 6.45) is 4.47. The van der Waals surface area contributed by atoms with Crippen molar-refractivity contribution < 1.29 is 8.98 Å². The highest BCUT2D eigenvalue weighted by Crippen LogP contribution is 2.41. The monoisotopic (exact) mass is 480 g/mol. The second-order valence-electron chi connectivity index (χ2n) is 11.8. The van der Waals surface area contributed by atoms with Crippen molar-refractivity contribution in [2.24, 2.45) is 5.92 Å². The zero-order valence-corrected chi connectivity index (χ0v) is 22.7. The van der Waals surface area contributed by atoms with Crippen LogP contribution in [0.2, 0.25) is 0 Å². The number of nitrogens with zero attached hydrogens (tertiary/aromatic N) is 3. The van der Waals surface area contributed by atoms with E-state index >= 15 is 0 Å². The first-order valence-electron chi connectivity index (χ1n) is 13.2. The van der Waals surface area contributed by atoms with Gasteiger partial charge < -0.3 is 4.42 Å². The van der Waals surface area contributed by atoms with Crippen LogP contribution in [0.3, 0.4) is 0 Å². The summed E-state index contributed by atoms with van der Waals surface area (Å²) in [5, 5.41) is 8.82. The Balaban J connectivity index is 1.58. The summed E-state index contributed by atoms with van der Waals surface area (Å²) in [5.41, 5.74) is 7.22. The number of pyridine rings is 1. The van der Waals surface area contributed by atoms with Gasteiger partial charge in [0.1, 0.15) is 0 Å². The lowest BCUT2D eigenvalue weighted by Crippen LogP contribution is -2.56. The predicted octanol–water partition coefficient (Wildman–Crippen LogP) is 7.92. The fraction of sp³-hybridized carbons (Fsp3) is 0.406. The summed E-state index contributed by atoms with van der Waals surface area (Å²) in [5.74, 6) is 2.11. The van der Waals surface area contributed by atoms with Gasteiger partial charge in [-0.3, -0.25) is 0 Å². The van der Waals surface area contributed by atoms with Crippen LogP contribution in [-0.4, -0.2) is 10.2 Å². The van der Waals surface area contributed by atoms with Crippen LogP contribution in [0.1, 0.15) is 78.4 Å². The summed E-state index contributed by atoms with van der Waals surface area (Å²) >= 11 is 0. The third-order valence-corrected chi connectivity index (χ3v) is 8.31. The molecule has 3 heterocycles. The Morgan fingerprint density at radius 1 is 0.944 bits per heavy atom. The van der Waals surface area contributed by atoms with Gasteiger partial charge in [-0.1, -0.05) is 59.7 Å². The number of aromatic nitrogens is 3. The van der Waals surface area contributed by atoms with Crippen molar-refractivity contribution in [2.45, 2.75) is 78.2 Å². The molecule has 0 saturated carbocycles. The van der Waals surface area contributed by atoms with Crippen molar-refractivity contribution in [1.82, 2.24) is 10.2 Å². The lowest BCUT2D eigenvalue weighted by Gasteiger charge is -2.34. The van der Waals surface area contributed by atoms with Gasteiger partial charge in [-0.2, -0.15) is 4.57 Å². The largest absolute Gasteiger partial charge is 0.416 e. The molecule has 0 amide bonds. The van der Waals surface area contributed by atoms with E-state index in [9.17, 15) is 0 Å². The fourth-order valence-electron chi connectivity index (χ4n) is 5.60. The molecule has 4 aromatic rings. The second kappa shape index (κ2) is 8.99. The van der Waals surface area contributed by atoms with Gasteiger partial charge in [0.25, 0.3) is 0 Å². The minimum Gasteiger partial charge on any atom is -0.416 e. The number of hydrogen-bond donors (Lipinski definition) is 0. The number of hydrogen-bond acceptors (Lipinski definition) is 3. The van der Waals surface area contributed by atoms with Gasteiger partial charge >= 0.3 is 0 Å². The Bertz CT molecular complexity index is 1380. The maximum absolute atomic E-state index is 6.20. The molecule has 5 rings (SSSR count). The number of fused-ring (bicyclic) bond motifs is 3. The van der Waals surface area contributed by atoms with E-state index in [1.807, 2.05) is 0 Å². The molecular formula is C32H38N3O+. The number of rotatable bonds is 3. The molecule has 3 unspecified atom stereocenters. The van der Waals surface area contributed by atoms with Crippen molar-refractivity contribution in [1.29, 1.82) is 0 Å². The summed E-state index contributed by atoms with van der Waals surface area (Å²) in [7, 11) is 0. The van der Waals surface area contributed by atoms with Crippen LogP contribution in [0.5, 0.6) is 0 Å². The van der Waals surface area contributed by atoms with Crippen molar-refractivity contribution in [2.75, 3.05) is 0 Å². The maximum atomic E-state index is 6.20. The van der Waals surface area contributed by atoms with Gasteiger partial charge in [-0.25, -0.2) is 0 Å². The molecule has 2 aromatic heterocycles. The molecule has 4 nitrogen and oxygen atoms in total. The molecule has 0 bridgehead atoms. The van der Waals surface area contributed by atoms with E-state index in [0.29, 0.717) is 23.6 Å². The summed E-state index contributed by atoms with van der Waals surface area (Å²) in [6, 6.07) is 21.6. The lowest BCUT2D eigenvalue weighted by molar-refractivity contribution is -0.754. The molecular weight excluding hydrogens is 442 g/mol. The zero-order valence-electron chi connectivity index (χ0n) is 22.7. The molecule has 0 N–H and O–H groups in total. The van der Waals surface area contributed by atoms with E-state index in [1.165, 1.54) is 22.4 Å². The smallest absolute Gasteiger partial charge is 0.248 e. The van der Waals surface area contributed by atoms with E-state index in [-0.39, 0.29) is 11.0 Å². The van der Waals surface area contributed by atoms with Crippen LogP contribution < -0.4 is 4.57 Å². The van der Waals surface area contributed by atoms with E-state index in [1.54, 1.807) is 0 Å². The van der Waals surface area contributed by atoms with Crippen LogP contribution >= 0.6 is 0 Å². The average molecular weight is 481 g/mol. The first kappa shape index (κ1) is 24.4. The van der Waals surface area contributed by atoms with Crippen LogP contribution in [-0.2, 0) is 11.0 Å². The maximum Gasteiger partial charge on any atom is 0.248 e. The SMILES string of the molecule is CCC1(C)CC(C)C(C)c2ccc(-c3nnc(-c4ccc(C(C)(C)C)cc4)o3)cc2-c2cccc[n+]21. The molecule has 36 heavy (non-hydrogen) atoms. The highest BCUT2D eigenvalue weighted by Gasteiger charge is 2.41. The molecule has 1 aliphatic heterocycles. The topological polar surface area (TPSA) is 42.8 Å². The van der Waals surface area contributed by atoms with Gasteiger partial charge in [-0.15, -0.1) is 10.2 Å². The van der Waals surface area contributed by atoms with Crippen LogP contribution in [0.4, 0.5) is 0 Å². The van der Waals surface area contributed by atoms with Crippen LogP contribution in [0, 0.1) is 5.92 Å². The molecule has 3 atom stereocenters. The average Bonchev–Trinajstić information content (AvgIpc) is 3.37. The third kappa shape index (κ3) is 4.27. The molecule has 186 valence electrons. The molecule has 0 saturated heterocycles. The standard InChI is InChI=1S/C32H38N3O/c1-8-32(7)20-21(2)22(3)26-17-14-24(19-27(26)28-11-9-10-18-35(28)32)30-34-33-29(36-30)23-12-15-25(16-13-23)31(4,5)6/h9-19,21-22H,8,20H2,1-7H3/q+1. The van der Waals surface area contributed by atoms with Gasteiger partial charge in [0.15, 0.2) is 11.7 Å². The Labute approximate surface area is 215 Å². The minimum absolute atomic E-state index is 0.0643. The third-order valence-electron chi connectivity index (χ3n) is 8.31. The quantitative estimate of drug-likeness (QED) is 0.280. The van der Waals surface area contributed by atoms with Crippen LogP contribution in [0.15, 0.2) is 71.3 Å². The fourth-order valence-corrected chi connectivity index (χ4v) is 5.60. The lowest BCUT2D eigenvalue weighted by atomic mass is 9.75. The van der Waals surface area contributed by atoms with E-state index in [0.717, 1.165) is 24.0 Å². The van der Waals surface area contributed by atoms with Gasteiger partial charge in [-0.05, 0) is 58.7 Å². The van der Waals surface area contributed by atoms with E-state index < -0.39 is 0 Å². The molecule has 0 spiro atoms. The molecule has 2 aromatic carbocycles. The van der Waals surface area contributed by atoms with Crippen molar-refractivity contribution >= 4 is 0 Å². The van der Waals surface area contributed by atoms with Gasteiger partial charge in [0.05, 0.1) is 5.56 Å². The molecule has 1 aliphatic rings. The normalized spacial score (nSPS) is 21.9. The van der Waals surface area contributed by atoms with Gasteiger partial charge in [0, 0.05) is 43.0 Å². The summed E-state index contributed by atoms with van der Waals surface area (Å²) in [4.78, 5) is 0.